The lowest BCUT2D eigenvalue weighted by molar-refractivity contribution is 0.0503. The van der Waals surface area contributed by atoms with Gasteiger partial charge in [-0.15, -0.1) is 0 Å². The van der Waals surface area contributed by atoms with E-state index in [1.165, 1.54) is 0 Å². The quantitative estimate of drug-likeness (QED) is 0.728. The number of fused-ring (bicyclic) bond motifs is 1. The van der Waals surface area contributed by atoms with Crippen LogP contribution in [-0.2, 0) is 11.8 Å². The van der Waals surface area contributed by atoms with E-state index in [4.69, 9.17) is 9.47 Å². The number of aryl methyl sites for hydroxylation is 1. The molecule has 1 saturated carbocycles. The zero-order chi connectivity index (χ0) is 20.6. The highest BCUT2D eigenvalue weighted by molar-refractivity contribution is 5.70. The maximum absolute atomic E-state index is 12.0. The number of nitrogens with one attached hydrogen (secondary N) is 1. The van der Waals surface area contributed by atoms with E-state index in [9.17, 15) is 4.79 Å². The van der Waals surface area contributed by atoms with Gasteiger partial charge in [0.1, 0.15) is 23.0 Å². The molecule has 0 saturated heterocycles. The van der Waals surface area contributed by atoms with E-state index in [0.29, 0.717) is 0 Å². The number of rotatable bonds is 4. The molecule has 0 radical (unpaired) electrons. The van der Waals surface area contributed by atoms with Crippen molar-refractivity contribution in [1.82, 2.24) is 24.7 Å². The van der Waals surface area contributed by atoms with Crippen LogP contribution in [0.25, 0.3) is 16.6 Å². The van der Waals surface area contributed by atoms with Gasteiger partial charge in [-0.2, -0.15) is 10.2 Å². The van der Waals surface area contributed by atoms with Gasteiger partial charge in [0, 0.05) is 43.0 Å². The molecule has 2 atom stereocenters. The van der Waals surface area contributed by atoms with Gasteiger partial charge < -0.3 is 14.8 Å². The second kappa shape index (κ2) is 7.42. The second-order valence-corrected chi connectivity index (χ2v) is 8.55. The Morgan fingerprint density at radius 1 is 1.21 bits per heavy atom. The summed E-state index contributed by atoms with van der Waals surface area (Å²) >= 11 is 0. The van der Waals surface area contributed by atoms with E-state index >= 15 is 0 Å². The molecule has 1 amide bonds. The third-order valence-corrected chi connectivity index (χ3v) is 4.91. The van der Waals surface area contributed by atoms with Crippen LogP contribution in [0.4, 0.5) is 4.79 Å². The summed E-state index contributed by atoms with van der Waals surface area (Å²) < 4.78 is 15.3. The fourth-order valence-electron chi connectivity index (χ4n) is 3.65. The van der Waals surface area contributed by atoms with Crippen LogP contribution in [0.15, 0.2) is 36.9 Å². The van der Waals surface area contributed by atoms with Crippen molar-refractivity contribution in [2.45, 2.75) is 57.8 Å². The van der Waals surface area contributed by atoms with Gasteiger partial charge >= 0.3 is 6.09 Å². The van der Waals surface area contributed by atoms with Crippen LogP contribution >= 0.6 is 0 Å². The smallest absolute Gasteiger partial charge is 0.407 e. The molecule has 4 rings (SSSR count). The second-order valence-electron chi connectivity index (χ2n) is 8.55. The van der Waals surface area contributed by atoms with Gasteiger partial charge in [0.2, 0.25) is 0 Å². The molecule has 3 aromatic heterocycles. The monoisotopic (exact) mass is 397 g/mol. The van der Waals surface area contributed by atoms with Gasteiger partial charge in [0.05, 0.1) is 12.4 Å². The summed E-state index contributed by atoms with van der Waals surface area (Å²) in [6.07, 6.45) is 9.65. The number of aromatic nitrogens is 4. The molecule has 0 spiro atoms. The Bertz CT molecular complexity index is 1020. The molecule has 0 aromatic carbocycles. The molecular weight excluding hydrogens is 370 g/mol. The number of alkyl carbamates (subject to hydrolysis) is 1. The maximum Gasteiger partial charge on any atom is 0.407 e. The first-order chi connectivity index (χ1) is 13.8. The Kier molecular flexibility index (Phi) is 4.94. The Labute approximate surface area is 169 Å². The first-order valence-electron chi connectivity index (χ1n) is 9.89. The minimum atomic E-state index is -0.501. The van der Waals surface area contributed by atoms with Crippen LogP contribution in [0.3, 0.4) is 0 Å². The number of ether oxygens (including phenoxy) is 2. The van der Waals surface area contributed by atoms with Crippen LogP contribution in [-0.4, -0.2) is 43.2 Å². The third kappa shape index (κ3) is 4.52. The minimum absolute atomic E-state index is 0.0257. The molecule has 29 heavy (non-hydrogen) atoms. The average Bonchev–Trinajstić information content (AvgIpc) is 3.34. The van der Waals surface area contributed by atoms with Crippen molar-refractivity contribution in [3.63, 3.8) is 0 Å². The molecule has 3 aromatic rings. The summed E-state index contributed by atoms with van der Waals surface area (Å²) in [5, 5.41) is 11.6. The normalized spacial score (nSPS) is 19.4. The fraction of sp³-hybridized carbons (Fsp3) is 0.476. The van der Waals surface area contributed by atoms with Crippen molar-refractivity contribution in [1.29, 1.82) is 0 Å². The third-order valence-electron chi connectivity index (χ3n) is 4.91. The molecule has 0 unspecified atom stereocenters. The lowest BCUT2D eigenvalue weighted by Crippen LogP contribution is -2.38. The molecule has 1 aliphatic rings. The lowest BCUT2D eigenvalue weighted by atomic mass is 10.1. The highest BCUT2D eigenvalue weighted by atomic mass is 16.6. The Balaban J connectivity index is 1.47. The maximum atomic E-state index is 12.0. The summed E-state index contributed by atoms with van der Waals surface area (Å²) in [5.74, 6) is 0.784. The summed E-state index contributed by atoms with van der Waals surface area (Å²) in [6.45, 7) is 5.58. The zero-order valence-electron chi connectivity index (χ0n) is 17.3. The number of carbonyl (C=O) groups excluding carboxylic acids is 1. The molecule has 0 aliphatic heterocycles. The molecule has 8 heteroatoms. The number of hydrogen-bond acceptors (Lipinski definition) is 5. The predicted molar refractivity (Wildman–Crippen MR) is 109 cm³/mol. The van der Waals surface area contributed by atoms with Gasteiger partial charge in [-0.25, -0.2) is 9.31 Å². The fourth-order valence-corrected chi connectivity index (χ4v) is 3.65. The summed E-state index contributed by atoms with van der Waals surface area (Å²) in [6, 6.07) is 4.02. The van der Waals surface area contributed by atoms with Gasteiger partial charge in [-0.05, 0) is 45.7 Å². The molecule has 0 bridgehead atoms. The van der Waals surface area contributed by atoms with Gasteiger partial charge in [0.15, 0.2) is 0 Å². The van der Waals surface area contributed by atoms with Crippen LogP contribution in [0.2, 0.25) is 0 Å². The van der Waals surface area contributed by atoms with Crippen molar-refractivity contribution in [2.75, 3.05) is 0 Å². The summed E-state index contributed by atoms with van der Waals surface area (Å²) in [7, 11) is 1.89. The van der Waals surface area contributed by atoms with E-state index in [-0.39, 0.29) is 18.2 Å². The van der Waals surface area contributed by atoms with Crippen LogP contribution < -0.4 is 10.1 Å². The highest BCUT2D eigenvalue weighted by Crippen LogP contribution is 2.31. The standard InChI is InChI=1S/C21H27N5O3/c1-21(2,3)29-20(27)24-16-5-6-17(10-16)28-19-9-14(15-11-23-25(4)12-15)13-26-18(19)7-8-22-26/h7-9,11-13,16-17H,5-6,10H2,1-4H3,(H,24,27)/t16-,17+/m0/s1. The van der Waals surface area contributed by atoms with Crippen LogP contribution in [0, 0.1) is 0 Å². The van der Waals surface area contributed by atoms with E-state index in [0.717, 1.165) is 41.7 Å². The summed E-state index contributed by atoms with van der Waals surface area (Å²) in [4.78, 5) is 12.0. The number of carbonyl (C=O) groups is 1. The average molecular weight is 397 g/mol. The molecular formula is C21H27N5O3. The van der Waals surface area contributed by atoms with Crippen molar-refractivity contribution in [3.05, 3.63) is 36.9 Å². The first-order valence-corrected chi connectivity index (χ1v) is 9.89. The Hall–Kier alpha value is -3.03. The number of nitrogens with zero attached hydrogens (tertiary/aromatic N) is 4. The van der Waals surface area contributed by atoms with Crippen LogP contribution in [0.5, 0.6) is 5.75 Å². The lowest BCUT2D eigenvalue weighted by Gasteiger charge is -2.22. The SMILES string of the molecule is Cn1cc(-c2cc(O[C@@H]3CC[C@H](NC(=O)OC(C)(C)C)C3)c3ccnn3c2)cn1. The van der Waals surface area contributed by atoms with Crippen molar-refractivity contribution < 1.29 is 14.3 Å². The highest BCUT2D eigenvalue weighted by Gasteiger charge is 2.29. The zero-order valence-corrected chi connectivity index (χ0v) is 17.3. The number of hydrogen-bond donors (Lipinski definition) is 1. The van der Waals surface area contributed by atoms with E-state index in [2.05, 4.69) is 15.5 Å². The van der Waals surface area contributed by atoms with Crippen LogP contribution in [0.1, 0.15) is 40.0 Å². The van der Waals surface area contributed by atoms with Crippen molar-refractivity contribution >= 4 is 11.6 Å². The molecule has 3 heterocycles. The van der Waals surface area contributed by atoms with Gasteiger partial charge in [0.25, 0.3) is 0 Å². The van der Waals surface area contributed by atoms with E-state index in [1.54, 1.807) is 10.9 Å². The minimum Gasteiger partial charge on any atom is -0.488 e. The first kappa shape index (κ1) is 19.3. The van der Waals surface area contributed by atoms with E-state index in [1.807, 2.05) is 63.1 Å². The topological polar surface area (TPSA) is 82.7 Å². The summed E-state index contributed by atoms with van der Waals surface area (Å²) in [5.41, 5.74) is 2.41. The Morgan fingerprint density at radius 3 is 2.76 bits per heavy atom. The molecule has 1 N–H and O–H groups in total. The molecule has 1 aliphatic carbocycles. The molecule has 8 nitrogen and oxygen atoms in total. The number of amides is 1. The molecule has 154 valence electrons. The number of pyridine rings is 1. The van der Waals surface area contributed by atoms with Crippen molar-refractivity contribution in [3.8, 4) is 16.9 Å². The van der Waals surface area contributed by atoms with Crippen molar-refractivity contribution in [2.24, 2.45) is 7.05 Å². The predicted octanol–water partition coefficient (Wildman–Crippen LogP) is 3.56. The van der Waals surface area contributed by atoms with Gasteiger partial charge in [-0.3, -0.25) is 4.68 Å². The van der Waals surface area contributed by atoms with Gasteiger partial charge in [-0.1, -0.05) is 0 Å². The largest absolute Gasteiger partial charge is 0.488 e. The van der Waals surface area contributed by atoms with E-state index < -0.39 is 5.60 Å². The Morgan fingerprint density at radius 2 is 2.03 bits per heavy atom. The molecule has 1 fully saturated rings.